The number of halogens is 2. The first-order valence-corrected chi connectivity index (χ1v) is 13.5. The van der Waals surface area contributed by atoms with Crippen LogP contribution in [-0.4, -0.2) is 49.1 Å². The monoisotopic (exact) mass is 575 g/mol. The lowest BCUT2D eigenvalue weighted by Crippen LogP contribution is -2.21. The molecule has 210 valence electrons. The number of carbonyl (C=O) groups excluding carboxylic acids is 1. The highest BCUT2D eigenvalue weighted by atomic mass is 35.5. The summed E-state index contributed by atoms with van der Waals surface area (Å²) in [4.78, 5) is 22.4. The van der Waals surface area contributed by atoms with Crippen LogP contribution < -0.4 is 16.0 Å². The molecule has 41 heavy (non-hydrogen) atoms. The average molecular weight is 576 g/mol. The molecule has 0 atom stereocenters. The number of nitrogens with zero attached hydrogens (tertiary/aromatic N) is 5. The molecule has 4 N–H and O–H groups in total. The van der Waals surface area contributed by atoms with E-state index in [2.05, 4.69) is 31.2 Å². The van der Waals surface area contributed by atoms with Crippen LogP contribution in [0.5, 0.6) is 0 Å². The van der Waals surface area contributed by atoms with Crippen molar-refractivity contribution < 1.29 is 13.9 Å². The Morgan fingerprint density at radius 1 is 1.17 bits per heavy atom. The molecule has 13 heteroatoms. The maximum atomic E-state index is 14.1. The second-order valence-corrected chi connectivity index (χ2v) is 10.1. The van der Waals surface area contributed by atoms with Gasteiger partial charge in [-0.1, -0.05) is 29.8 Å². The van der Waals surface area contributed by atoms with Crippen LogP contribution in [0.25, 0.3) is 11.0 Å². The molecule has 0 saturated carbocycles. The summed E-state index contributed by atoms with van der Waals surface area (Å²) in [5.74, 6) is 0.504. The lowest BCUT2D eigenvalue weighted by molar-refractivity contribution is 0.0673. The van der Waals surface area contributed by atoms with Crippen molar-refractivity contribution in [3.63, 3.8) is 0 Å². The van der Waals surface area contributed by atoms with E-state index in [1.54, 1.807) is 36.5 Å². The molecule has 0 spiro atoms. The van der Waals surface area contributed by atoms with Crippen molar-refractivity contribution in [3.8, 4) is 0 Å². The van der Waals surface area contributed by atoms with Crippen molar-refractivity contribution >= 4 is 51.8 Å². The number of anilines is 4. The summed E-state index contributed by atoms with van der Waals surface area (Å²) in [6.07, 6.45) is 3.44. The summed E-state index contributed by atoms with van der Waals surface area (Å²) in [5, 5.41) is 22.0. The van der Waals surface area contributed by atoms with Crippen LogP contribution in [0.2, 0.25) is 5.02 Å². The molecule has 5 aromatic rings. The minimum atomic E-state index is -0.531. The number of hydrogen-bond donors (Lipinski definition) is 4. The molecule has 3 aromatic heterocycles. The molecular formula is C28H27ClFN9O2. The van der Waals surface area contributed by atoms with Crippen LogP contribution in [0.4, 0.5) is 27.7 Å². The van der Waals surface area contributed by atoms with Crippen molar-refractivity contribution in [2.75, 3.05) is 29.2 Å². The fourth-order valence-electron chi connectivity index (χ4n) is 4.69. The Bertz CT molecular complexity index is 1710. The molecule has 1 aliphatic rings. The predicted octanol–water partition coefficient (Wildman–Crippen LogP) is 5.61. The first kappa shape index (κ1) is 26.7. The van der Waals surface area contributed by atoms with Crippen LogP contribution in [0.3, 0.4) is 0 Å². The third-order valence-electron chi connectivity index (χ3n) is 6.79. The van der Waals surface area contributed by atoms with E-state index < -0.39 is 11.7 Å². The number of fused-ring (bicyclic) bond motifs is 1. The van der Waals surface area contributed by atoms with Gasteiger partial charge in [0.05, 0.1) is 33.9 Å². The minimum absolute atomic E-state index is 0.0760. The number of H-pyrrole nitrogens is 1. The topological polar surface area (TPSA) is 135 Å². The van der Waals surface area contributed by atoms with Gasteiger partial charge in [0, 0.05) is 31.5 Å². The first-order chi connectivity index (χ1) is 19.9. The lowest BCUT2D eigenvalue weighted by Gasteiger charge is -2.22. The van der Waals surface area contributed by atoms with Gasteiger partial charge < -0.3 is 20.7 Å². The average Bonchev–Trinajstić information content (AvgIpc) is 3.60. The SMILES string of the molecule is Cc1cc(Nc2nc(NCc3ccc(Cl)c(C(=O)Nc4ccccc4F)c3)nc3c2cnn3C2CCOCC2)n[nH]1. The molecule has 1 saturated heterocycles. The lowest BCUT2D eigenvalue weighted by atomic mass is 10.1. The van der Waals surface area contributed by atoms with Gasteiger partial charge in [0.1, 0.15) is 11.6 Å². The first-order valence-electron chi connectivity index (χ1n) is 13.1. The molecule has 1 amide bonds. The number of para-hydroxylation sites is 1. The third-order valence-corrected chi connectivity index (χ3v) is 7.12. The molecule has 1 aliphatic heterocycles. The van der Waals surface area contributed by atoms with E-state index in [4.69, 9.17) is 26.3 Å². The molecule has 0 bridgehead atoms. The van der Waals surface area contributed by atoms with Gasteiger partial charge in [-0.3, -0.25) is 9.89 Å². The van der Waals surface area contributed by atoms with Crippen LogP contribution in [0.1, 0.15) is 40.5 Å². The summed E-state index contributed by atoms with van der Waals surface area (Å²) >= 11 is 6.32. The second-order valence-electron chi connectivity index (χ2n) is 9.73. The summed E-state index contributed by atoms with van der Waals surface area (Å²) in [5.41, 5.74) is 2.65. The quantitative estimate of drug-likeness (QED) is 0.187. The zero-order valence-electron chi connectivity index (χ0n) is 22.1. The number of amides is 1. The predicted molar refractivity (Wildman–Crippen MR) is 154 cm³/mol. The highest BCUT2D eigenvalue weighted by molar-refractivity contribution is 6.34. The highest BCUT2D eigenvalue weighted by Gasteiger charge is 2.22. The zero-order valence-corrected chi connectivity index (χ0v) is 22.9. The Morgan fingerprint density at radius 2 is 2.00 bits per heavy atom. The number of aromatic nitrogens is 6. The van der Waals surface area contributed by atoms with Gasteiger partial charge in [0.25, 0.3) is 5.91 Å². The normalized spacial score (nSPS) is 13.8. The number of aryl methyl sites for hydroxylation is 1. The van der Waals surface area contributed by atoms with E-state index in [9.17, 15) is 9.18 Å². The molecule has 2 aromatic carbocycles. The van der Waals surface area contributed by atoms with Crippen molar-refractivity contribution in [1.29, 1.82) is 0 Å². The number of carbonyl (C=O) groups is 1. The molecule has 4 heterocycles. The number of rotatable bonds is 8. The van der Waals surface area contributed by atoms with Gasteiger partial charge in [0.2, 0.25) is 5.95 Å². The van der Waals surface area contributed by atoms with Gasteiger partial charge in [-0.15, -0.1) is 0 Å². The Balaban J connectivity index is 1.27. The summed E-state index contributed by atoms with van der Waals surface area (Å²) < 4.78 is 21.5. The Hall–Kier alpha value is -4.55. The van der Waals surface area contributed by atoms with Gasteiger partial charge in [0.15, 0.2) is 11.5 Å². The molecular weight excluding hydrogens is 549 g/mol. The number of aromatic amines is 1. The fourth-order valence-corrected chi connectivity index (χ4v) is 4.89. The number of hydrogen-bond acceptors (Lipinski definition) is 8. The maximum absolute atomic E-state index is 14.1. The number of nitrogens with one attached hydrogen (secondary N) is 4. The number of ether oxygens (including phenoxy) is 1. The highest BCUT2D eigenvalue weighted by Crippen LogP contribution is 2.30. The minimum Gasteiger partial charge on any atom is -0.381 e. The maximum Gasteiger partial charge on any atom is 0.257 e. The molecule has 0 aliphatic carbocycles. The largest absolute Gasteiger partial charge is 0.381 e. The van der Waals surface area contributed by atoms with Crippen molar-refractivity contribution in [2.24, 2.45) is 0 Å². The van der Waals surface area contributed by atoms with Crippen LogP contribution in [0, 0.1) is 12.7 Å². The Morgan fingerprint density at radius 3 is 2.78 bits per heavy atom. The smallest absolute Gasteiger partial charge is 0.257 e. The molecule has 6 rings (SSSR count). The van der Waals surface area contributed by atoms with Crippen LogP contribution in [0.15, 0.2) is 54.7 Å². The van der Waals surface area contributed by atoms with E-state index in [1.165, 1.54) is 12.1 Å². The van der Waals surface area contributed by atoms with E-state index in [0.717, 1.165) is 29.5 Å². The molecule has 0 radical (unpaired) electrons. The van der Waals surface area contributed by atoms with Crippen molar-refractivity contribution in [2.45, 2.75) is 32.4 Å². The van der Waals surface area contributed by atoms with Gasteiger partial charge in [-0.25, -0.2) is 9.07 Å². The van der Waals surface area contributed by atoms with Gasteiger partial charge in [-0.2, -0.15) is 20.2 Å². The van der Waals surface area contributed by atoms with E-state index in [-0.39, 0.29) is 22.3 Å². The van der Waals surface area contributed by atoms with Crippen molar-refractivity contribution in [3.05, 3.63) is 82.4 Å². The third kappa shape index (κ3) is 5.83. The Kier molecular flexibility index (Phi) is 7.49. The standard InChI is InChI=1S/C28H27ClFN9O2/c1-16-12-24(38-37-16)34-25-20-15-32-39(18-8-10-41-11-9-18)26(20)36-28(35-25)31-14-17-6-7-21(29)19(13-17)27(40)33-23-5-3-2-4-22(23)30/h2-7,12-13,15,18H,8-11,14H2,1H3,(H,33,40)(H3,31,34,35,36,37,38). The molecule has 0 unspecified atom stereocenters. The van der Waals surface area contributed by atoms with Gasteiger partial charge >= 0.3 is 0 Å². The summed E-state index contributed by atoms with van der Waals surface area (Å²) in [6, 6.07) is 13.1. The van der Waals surface area contributed by atoms with Crippen LogP contribution >= 0.6 is 11.6 Å². The fraction of sp³-hybridized carbons (Fsp3) is 0.250. The van der Waals surface area contributed by atoms with E-state index in [0.29, 0.717) is 43.0 Å². The Labute approximate surface area is 239 Å². The second kappa shape index (κ2) is 11.5. The zero-order chi connectivity index (χ0) is 28.3. The summed E-state index contributed by atoms with van der Waals surface area (Å²) in [7, 11) is 0. The van der Waals surface area contributed by atoms with E-state index >= 15 is 0 Å². The molecule has 11 nitrogen and oxygen atoms in total. The number of benzene rings is 2. The molecule has 1 fully saturated rings. The van der Waals surface area contributed by atoms with Crippen molar-refractivity contribution in [1.82, 2.24) is 29.9 Å². The summed E-state index contributed by atoms with van der Waals surface area (Å²) in [6.45, 7) is 3.56. The van der Waals surface area contributed by atoms with E-state index in [1.807, 2.05) is 17.7 Å². The van der Waals surface area contributed by atoms with Gasteiger partial charge in [-0.05, 0) is 49.6 Å². The van der Waals surface area contributed by atoms with Crippen LogP contribution in [-0.2, 0) is 11.3 Å².